The zero-order chi connectivity index (χ0) is 10.3. The third-order valence-electron chi connectivity index (χ3n) is 2.46. The molecule has 1 aromatic heterocycles. The first-order chi connectivity index (χ1) is 7.36. The number of nitrogens with one attached hydrogen (secondary N) is 2. The molecule has 0 fully saturated rings. The summed E-state index contributed by atoms with van der Waals surface area (Å²) in [5.41, 5.74) is 1.54. The van der Waals surface area contributed by atoms with Gasteiger partial charge in [-0.15, -0.1) is 0 Å². The zero-order valence-corrected chi connectivity index (χ0v) is 8.03. The summed E-state index contributed by atoms with van der Waals surface area (Å²) in [5, 5.41) is 3.08. The van der Waals surface area contributed by atoms with E-state index in [0.29, 0.717) is 5.96 Å². The van der Waals surface area contributed by atoms with Crippen molar-refractivity contribution in [1.82, 2.24) is 14.9 Å². The Hall–Kier alpha value is -2.04. The van der Waals surface area contributed by atoms with Crippen molar-refractivity contribution in [3.8, 4) is 0 Å². The molecular formula is C10H10N4O. The van der Waals surface area contributed by atoms with Crippen LogP contribution in [0, 0.1) is 0 Å². The van der Waals surface area contributed by atoms with Crippen LogP contribution in [-0.2, 0) is 0 Å². The van der Waals surface area contributed by atoms with Gasteiger partial charge < -0.3 is 10.3 Å². The van der Waals surface area contributed by atoms with E-state index in [4.69, 9.17) is 0 Å². The predicted molar refractivity (Wildman–Crippen MR) is 58.3 cm³/mol. The van der Waals surface area contributed by atoms with Crippen molar-refractivity contribution in [1.29, 1.82) is 0 Å². The summed E-state index contributed by atoms with van der Waals surface area (Å²) < 4.78 is 1.57. The molecule has 1 aliphatic rings. The molecule has 76 valence electrons. The largest absolute Gasteiger partial charge is 0.354 e. The molecule has 2 N–H and O–H groups in total. The van der Waals surface area contributed by atoms with Crippen molar-refractivity contribution >= 4 is 17.0 Å². The molecule has 0 aliphatic carbocycles. The highest BCUT2D eigenvalue weighted by atomic mass is 16.1. The van der Waals surface area contributed by atoms with Crippen molar-refractivity contribution < 1.29 is 0 Å². The number of benzene rings is 1. The van der Waals surface area contributed by atoms with E-state index in [2.05, 4.69) is 15.3 Å². The number of rotatable bonds is 0. The minimum atomic E-state index is -0.149. The molecule has 0 radical (unpaired) electrons. The molecule has 0 unspecified atom stereocenters. The second-order valence-corrected chi connectivity index (χ2v) is 3.41. The van der Waals surface area contributed by atoms with Gasteiger partial charge in [0, 0.05) is 6.54 Å². The van der Waals surface area contributed by atoms with E-state index in [0.717, 1.165) is 24.1 Å². The van der Waals surface area contributed by atoms with Gasteiger partial charge >= 0.3 is 5.69 Å². The summed E-state index contributed by atoms with van der Waals surface area (Å²) >= 11 is 0. The lowest BCUT2D eigenvalue weighted by atomic mass is 10.3. The smallest absolute Gasteiger partial charge is 0.333 e. The van der Waals surface area contributed by atoms with Crippen LogP contribution in [0.15, 0.2) is 34.1 Å². The number of fused-ring (bicyclic) bond motifs is 1. The fraction of sp³-hybridized carbons (Fsp3) is 0.200. The Balaban J connectivity index is 2.33. The minimum Gasteiger partial charge on any atom is -0.354 e. The molecule has 1 aliphatic heterocycles. The van der Waals surface area contributed by atoms with Crippen molar-refractivity contribution in [2.75, 3.05) is 13.1 Å². The zero-order valence-electron chi connectivity index (χ0n) is 8.03. The normalized spacial score (nSPS) is 15.3. The van der Waals surface area contributed by atoms with E-state index < -0.39 is 0 Å². The van der Waals surface area contributed by atoms with Crippen molar-refractivity contribution in [3.05, 3.63) is 34.7 Å². The first-order valence-corrected chi connectivity index (χ1v) is 4.85. The number of aromatic amines is 1. The first-order valence-electron chi connectivity index (χ1n) is 4.85. The lowest BCUT2D eigenvalue weighted by molar-refractivity contribution is 0.933. The number of nitrogens with zero attached hydrogens (tertiary/aromatic N) is 2. The van der Waals surface area contributed by atoms with Crippen LogP contribution in [-0.4, -0.2) is 28.6 Å². The highest BCUT2D eigenvalue weighted by Gasteiger charge is 2.13. The van der Waals surface area contributed by atoms with Crippen LogP contribution in [0.3, 0.4) is 0 Å². The highest BCUT2D eigenvalue weighted by molar-refractivity contribution is 5.92. The lowest BCUT2D eigenvalue weighted by Crippen LogP contribution is -2.33. The van der Waals surface area contributed by atoms with Gasteiger partial charge in [0.15, 0.2) is 0 Å². The average Bonchev–Trinajstić information content (AvgIpc) is 2.82. The monoisotopic (exact) mass is 202 g/mol. The Morgan fingerprint density at radius 1 is 1.33 bits per heavy atom. The summed E-state index contributed by atoms with van der Waals surface area (Å²) in [5.74, 6) is 0.637. The number of imidazole rings is 1. The van der Waals surface area contributed by atoms with Gasteiger partial charge in [-0.2, -0.15) is 0 Å². The van der Waals surface area contributed by atoms with Gasteiger partial charge in [0.1, 0.15) is 0 Å². The summed E-state index contributed by atoms with van der Waals surface area (Å²) in [6.07, 6.45) is 0. The maximum absolute atomic E-state index is 11.7. The summed E-state index contributed by atoms with van der Waals surface area (Å²) in [4.78, 5) is 18.7. The van der Waals surface area contributed by atoms with Crippen molar-refractivity contribution in [2.24, 2.45) is 4.99 Å². The lowest BCUT2D eigenvalue weighted by Gasteiger charge is -2.02. The Bertz CT molecular complexity index is 593. The number of aliphatic imine (C=N–C) groups is 1. The van der Waals surface area contributed by atoms with Gasteiger partial charge in [0.05, 0.1) is 17.6 Å². The molecule has 0 amide bonds. The summed E-state index contributed by atoms with van der Waals surface area (Å²) in [6.45, 7) is 1.52. The van der Waals surface area contributed by atoms with Gasteiger partial charge in [0.2, 0.25) is 5.96 Å². The van der Waals surface area contributed by atoms with Crippen LogP contribution in [0.25, 0.3) is 11.0 Å². The predicted octanol–water partition coefficient (Wildman–Crippen LogP) is 0.137. The average molecular weight is 202 g/mol. The fourth-order valence-electron chi connectivity index (χ4n) is 1.80. The van der Waals surface area contributed by atoms with E-state index in [1.54, 1.807) is 4.57 Å². The van der Waals surface area contributed by atoms with Gasteiger partial charge in [-0.25, -0.2) is 9.36 Å². The number of para-hydroxylation sites is 2. The highest BCUT2D eigenvalue weighted by Crippen LogP contribution is 2.08. The van der Waals surface area contributed by atoms with E-state index in [1.165, 1.54) is 0 Å². The molecule has 15 heavy (non-hydrogen) atoms. The van der Waals surface area contributed by atoms with E-state index in [9.17, 15) is 4.79 Å². The molecule has 5 heteroatoms. The topological polar surface area (TPSA) is 62.2 Å². The van der Waals surface area contributed by atoms with Crippen LogP contribution in [0.2, 0.25) is 0 Å². The molecule has 0 atom stereocenters. The van der Waals surface area contributed by atoms with Crippen LogP contribution in [0.4, 0.5) is 0 Å². The Labute approximate surface area is 85.4 Å². The van der Waals surface area contributed by atoms with Crippen molar-refractivity contribution in [2.45, 2.75) is 0 Å². The Morgan fingerprint density at radius 3 is 3.00 bits per heavy atom. The molecule has 0 saturated carbocycles. The van der Waals surface area contributed by atoms with Gasteiger partial charge in [-0.3, -0.25) is 4.99 Å². The molecule has 3 rings (SSSR count). The van der Waals surface area contributed by atoms with E-state index >= 15 is 0 Å². The quantitative estimate of drug-likeness (QED) is 0.638. The van der Waals surface area contributed by atoms with Crippen LogP contribution >= 0.6 is 0 Å². The summed E-state index contributed by atoms with van der Waals surface area (Å²) in [6, 6.07) is 7.58. The molecule has 0 spiro atoms. The molecular weight excluding hydrogens is 192 g/mol. The SMILES string of the molecule is O=c1[nH]c2ccccc2n1C1=NCCN1. The first kappa shape index (κ1) is 8.28. The molecule has 0 saturated heterocycles. The Kier molecular flexibility index (Phi) is 1.65. The Morgan fingerprint density at radius 2 is 2.20 bits per heavy atom. The molecule has 2 heterocycles. The number of H-pyrrole nitrogens is 1. The van der Waals surface area contributed by atoms with Crippen LogP contribution in [0.5, 0.6) is 0 Å². The number of hydrogen-bond donors (Lipinski definition) is 2. The number of aromatic nitrogens is 2. The second kappa shape index (κ2) is 2.98. The van der Waals surface area contributed by atoms with Gasteiger partial charge in [-0.1, -0.05) is 12.1 Å². The van der Waals surface area contributed by atoms with E-state index in [-0.39, 0.29) is 5.69 Å². The molecule has 5 nitrogen and oxygen atoms in total. The maximum atomic E-state index is 11.7. The minimum absolute atomic E-state index is 0.149. The molecule has 2 aromatic rings. The molecule has 0 bridgehead atoms. The second-order valence-electron chi connectivity index (χ2n) is 3.41. The van der Waals surface area contributed by atoms with Crippen LogP contribution < -0.4 is 11.0 Å². The number of hydrogen-bond acceptors (Lipinski definition) is 3. The molecule has 1 aromatic carbocycles. The summed E-state index contributed by atoms with van der Waals surface area (Å²) in [7, 11) is 0. The van der Waals surface area contributed by atoms with Crippen LogP contribution in [0.1, 0.15) is 0 Å². The maximum Gasteiger partial charge on any atom is 0.333 e. The standard InChI is InChI=1S/C10H10N4O/c15-10-13-7-3-1-2-4-8(7)14(10)9-11-5-6-12-9/h1-4H,5-6H2,(H,11,12)(H,13,15). The van der Waals surface area contributed by atoms with Crippen molar-refractivity contribution in [3.63, 3.8) is 0 Å². The van der Waals surface area contributed by atoms with Gasteiger partial charge in [0.25, 0.3) is 0 Å². The fourth-order valence-corrected chi connectivity index (χ4v) is 1.80. The van der Waals surface area contributed by atoms with Gasteiger partial charge in [-0.05, 0) is 12.1 Å². The van der Waals surface area contributed by atoms with E-state index in [1.807, 2.05) is 24.3 Å². The third-order valence-corrected chi connectivity index (χ3v) is 2.46. The third kappa shape index (κ3) is 1.16.